The predicted molar refractivity (Wildman–Crippen MR) is 90.8 cm³/mol. The van der Waals surface area contributed by atoms with Gasteiger partial charge >= 0.3 is 0 Å². The minimum absolute atomic E-state index is 0. The van der Waals surface area contributed by atoms with E-state index in [1.165, 1.54) is 12.8 Å². The van der Waals surface area contributed by atoms with Gasteiger partial charge in [-0.3, -0.25) is 4.90 Å². The molecule has 0 radical (unpaired) electrons. The van der Waals surface area contributed by atoms with Gasteiger partial charge in [0.05, 0.1) is 5.69 Å². The number of hydrogen-bond donors (Lipinski definition) is 1. The van der Waals surface area contributed by atoms with Crippen molar-refractivity contribution in [1.29, 1.82) is 0 Å². The summed E-state index contributed by atoms with van der Waals surface area (Å²) in [4.78, 5) is 7.04. The molecule has 2 heterocycles. The van der Waals surface area contributed by atoms with Gasteiger partial charge in [-0.25, -0.2) is 4.98 Å². The number of nitrogens with zero attached hydrogens (tertiary/aromatic N) is 2. The van der Waals surface area contributed by atoms with Crippen molar-refractivity contribution < 1.29 is 4.42 Å². The third kappa shape index (κ3) is 4.09. The van der Waals surface area contributed by atoms with Gasteiger partial charge in [0.15, 0.2) is 0 Å². The van der Waals surface area contributed by atoms with Crippen molar-refractivity contribution in [3.8, 4) is 11.5 Å². The van der Waals surface area contributed by atoms with Crippen LogP contribution in [0.3, 0.4) is 0 Å². The van der Waals surface area contributed by atoms with Crippen LogP contribution in [-0.2, 0) is 6.54 Å². The minimum atomic E-state index is 0. The molecule has 2 N–H and O–H groups in total. The van der Waals surface area contributed by atoms with Crippen molar-refractivity contribution in [1.82, 2.24) is 9.88 Å². The van der Waals surface area contributed by atoms with Gasteiger partial charge in [0, 0.05) is 24.7 Å². The van der Waals surface area contributed by atoms with Crippen LogP contribution in [0.15, 0.2) is 41.0 Å². The van der Waals surface area contributed by atoms with Crippen LogP contribution in [0.4, 0.5) is 0 Å². The van der Waals surface area contributed by atoms with Crippen LogP contribution in [0.5, 0.6) is 0 Å². The normalized spacial score (nSPS) is 20.4. The second-order valence-corrected chi connectivity index (χ2v) is 6.01. The van der Waals surface area contributed by atoms with E-state index in [2.05, 4.69) is 16.8 Å². The van der Waals surface area contributed by atoms with Crippen molar-refractivity contribution in [2.24, 2.45) is 11.7 Å². The highest BCUT2D eigenvalue weighted by molar-refractivity contribution is 5.85. The molecule has 120 valence electrons. The van der Waals surface area contributed by atoms with Gasteiger partial charge in [-0.2, -0.15) is 0 Å². The van der Waals surface area contributed by atoms with Gasteiger partial charge in [-0.1, -0.05) is 18.2 Å². The third-order valence-electron chi connectivity index (χ3n) is 4.24. The largest absolute Gasteiger partial charge is 0.444 e. The number of nitrogens with two attached hydrogens (primary N) is 1. The Balaban J connectivity index is 0.00000176. The standard InChI is InChI=1S/C17H23N3O.ClH/c1-13(18)15-8-5-9-20(10-15)11-16-12-21-17(19-16)14-6-3-2-4-7-14;/h2-4,6-7,12-13,15H,5,8-11,18H2,1H3;1H. The van der Waals surface area contributed by atoms with E-state index in [-0.39, 0.29) is 18.4 Å². The molecule has 22 heavy (non-hydrogen) atoms. The van der Waals surface area contributed by atoms with Gasteiger partial charge in [0.2, 0.25) is 5.89 Å². The molecule has 1 aliphatic heterocycles. The monoisotopic (exact) mass is 321 g/mol. The second kappa shape index (κ2) is 7.77. The molecule has 5 heteroatoms. The first-order chi connectivity index (χ1) is 10.2. The highest BCUT2D eigenvalue weighted by Gasteiger charge is 2.23. The van der Waals surface area contributed by atoms with Crippen molar-refractivity contribution in [3.63, 3.8) is 0 Å². The molecule has 2 unspecified atom stereocenters. The summed E-state index contributed by atoms with van der Waals surface area (Å²) in [6, 6.07) is 10.3. The summed E-state index contributed by atoms with van der Waals surface area (Å²) in [5.74, 6) is 1.30. The van der Waals surface area contributed by atoms with Gasteiger partial charge in [-0.15, -0.1) is 12.4 Å². The van der Waals surface area contributed by atoms with Crippen molar-refractivity contribution in [2.75, 3.05) is 13.1 Å². The number of likely N-dealkylation sites (tertiary alicyclic amines) is 1. The Morgan fingerprint density at radius 3 is 2.86 bits per heavy atom. The highest BCUT2D eigenvalue weighted by Crippen LogP contribution is 2.22. The minimum Gasteiger partial charge on any atom is -0.444 e. The molecule has 0 saturated carbocycles. The summed E-state index contributed by atoms with van der Waals surface area (Å²) in [5.41, 5.74) is 8.07. The molecule has 1 aromatic carbocycles. The van der Waals surface area contributed by atoms with E-state index in [1.807, 2.05) is 30.3 Å². The Morgan fingerprint density at radius 2 is 2.14 bits per heavy atom. The Labute approximate surface area is 138 Å². The fraction of sp³-hybridized carbons (Fsp3) is 0.471. The van der Waals surface area contributed by atoms with E-state index in [9.17, 15) is 0 Å². The maximum atomic E-state index is 6.04. The maximum Gasteiger partial charge on any atom is 0.226 e. The Morgan fingerprint density at radius 1 is 1.36 bits per heavy atom. The lowest BCUT2D eigenvalue weighted by Gasteiger charge is -2.34. The van der Waals surface area contributed by atoms with Crippen LogP contribution in [0.25, 0.3) is 11.5 Å². The average molecular weight is 322 g/mol. The van der Waals surface area contributed by atoms with Crippen LogP contribution in [-0.4, -0.2) is 29.0 Å². The molecular weight excluding hydrogens is 298 g/mol. The summed E-state index contributed by atoms with van der Waals surface area (Å²) in [5, 5.41) is 0. The molecule has 4 nitrogen and oxygen atoms in total. The van der Waals surface area contributed by atoms with Crippen molar-refractivity contribution in [3.05, 3.63) is 42.3 Å². The quantitative estimate of drug-likeness (QED) is 0.938. The zero-order valence-corrected chi connectivity index (χ0v) is 13.8. The molecule has 1 saturated heterocycles. The SMILES string of the molecule is CC(N)C1CCCN(Cc2coc(-c3ccccc3)n2)C1.Cl. The Kier molecular flexibility index (Phi) is 6.00. The fourth-order valence-electron chi connectivity index (χ4n) is 2.99. The summed E-state index contributed by atoms with van der Waals surface area (Å²) < 4.78 is 5.60. The van der Waals surface area contributed by atoms with Crippen molar-refractivity contribution >= 4 is 12.4 Å². The van der Waals surface area contributed by atoms with E-state index in [4.69, 9.17) is 10.2 Å². The lowest BCUT2D eigenvalue weighted by molar-refractivity contribution is 0.153. The van der Waals surface area contributed by atoms with Gasteiger partial charge < -0.3 is 10.2 Å². The maximum absolute atomic E-state index is 6.04. The Hall–Kier alpha value is -1.36. The smallest absolute Gasteiger partial charge is 0.226 e. The van der Waals surface area contributed by atoms with Crippen LogP contribution >= 0.6 is 12.4 Å². The van der Waals surface area contributed by atoms with E-state index in [1.54, 1.807) is 6.26 Å². The molecule has 1 aliphatic rings. The van der Waals surface area contributed by atoms with Crippen LogP contribution in [0, 0.1) is 5.92 Å². The number of hydrogen-bond acceptors (Lipinski definition) is 4. The first-order valence-electron chi connectivity index (χ1n) is 7.70. The van der Waals surface area contributed by atoms with Crippen LogP contribution < -0.4 is 5.73 Å². The molecule has 2 atom stereocenters. The first kappa shape index (κ1) is 17.0. The fourth-order valence-corrected chi connectivity index (χ4v) is 2.99. The molecule has 0 aliphatic carbocycles. The molecule has 2 aromatic rings. The number of benzene rings is 1. The lowest BCUT2D eigenvalue weighted by atomic mass is 9.92. The molecule has 0 bridgehead atoms. The number of rotatable bonds is 4. The number of piperidine rings is 1. The zero-order valence-electron chi connectivity index (χ0n) is 12.9. The summed E-state index contributed by atoms with van der Waals surface area (Å²) in [6.45, 7) is 5.14. The highest BCUT2D eigenvalue weighted by atomic mass is 35.5. The molecule has 0 spiro atoms. The molecule has 1 aromatic heterocycles. The number of oxazole rings is 1. The van der Waals surface area contributed by atoms with E-state index < -0.39 is 0 Å². The van der Waals surface area contributed by atoms with E-state index in [0.29, 0.717) is 11.8 Å². The number of halogens is 1. The molecule has 1 fully saturated rings. The molecule has 0 amide bonds. The number of aromatic nitrogens is 1. The zero-order chi connectivity index (χ0) is 14.7. The summed E-state index contributed by atoms with van der Waals surface area (Å²) in [7, 11) is 0. The van der Waals surface area contributed by atoms with Crippen LogP contribution in [0.2, 0.25) is 0 Å². The summed E-state index contributed by atoms with van der Waals surface area (Å²) in [6.07, 6.45) is 4.23. The topological polar surface area (TPSA) is 55.3 Å². The van der Waals surface area contributed by atoms with Gasteiger partial charge in [-0.05, 0) is 44.4 Å². The van der Waals surface area contributed by atoms with Crippen molar-refractivity contribution in [2.45, 2.75) is 32.4 Å². The molecular formula is C17H24ClN3O. The average Bonchev–Trinajstić information content (AvgIpc) is 2.97. The first-order valence-corrected chi connectivity index (χ1v) is 7.70. The third-order valence-corrected chi connectivity index (χ3v) is 4.24. The van der Waals surface area contributed by atoms with E-state index in [0.717, 1.165) is 30.9 Å². The van der Waals surface area contributed by atoms with Crippen LogP contribution in [0.1, 0.15) is 25.5 Å². The summed E-state index contributed by atoms with van der Waals surface area (Å²) >= 11 is 0. The Bertz CT molecular complexity index is 570. The van der Waals surface area contributed by atoms with Gasteiger partial charge in [0.1, 0.15) is 6.26 Å². The second-order valence-electron chi connectivity index (χ2n) is 6.01. The van der Waals surface area contributed by atoms with Gasteiger partial charge in [0.25, 0.3) is 0 Å². The predicted octanol–water partition coefficient (Wildman–Crippen LogP) is 3.32. The molecule has 3 rings (SSSR count). The lowest BCUT2D eigenvalue weighted by Crippen LogP contribution is -2.41. The van der Waals surface area contributed by atoms with E-state index >= 15 is 0 Å².